The van der Waals surface area contributed by atoms with Crippen molar-refractivity contribution in [2.45, 2.75) is 12.5 Å². The SMILES string of the molecule is Cn1cncc1C(=O)C1C=CC(N)C1. The van der Waals surface area contributed by atoms with Crippen LogP contribution in [0.3, 0.4) is 0 Å². The smallest absolute Gasteiger partial charge is 0.187 e. The van der Waals surface area contributed by atoms with Crippen molar-refractivity contribution in [3.8, 4) is 0 Å². The normalized spacial score (nSPS) is 25.6. The summed E-state index contributed by atoms with van der Waals surface area (Å²) in [6.07, 6.45) is 7.72. The second-order valence-electron chi connectivity index (χ2n) is 3.64. The fourth-order valence-electron chi connectivity index (χ4n) is 1.71. The molecule has 1 aromatic rings. The lowest BCUT2D eigenvalue weighted by molar-refractivity contribution is 0.0934. The van der Waals surface area contributed by atoms with Gasteiger partial charge in [0.05, 0.1) is 12.5 Å². The third-order valence-electron chi connectivity index (χ3n) is 2.52. The molecule has 4 heteroatoms. The summed E-state index contributed by atoms with van der Waals surface area (Å²) in [5, 5.41) is 0. The van der Waals surface area contributed by atoms with E-state index in [2.05, 4.69) is 4.98 Å². The number of allylic oxidation sites excluding steroid dienone is 1. The number of carbonyl (C=O) groups excluding carboxylic acids is 1. The van der Waals surface area contributed by atoms with Crippen LogP contribution >= 0.6 is 0 Å². The van der Waals surface area contributed by atoms with Crippen LogP contribution in [0.5, 0.6) is 0 Å². The minimum Gasteiger partial charge on any atom is -0.331 e. The van der Waals surface area contributed by atoms with Crippen molar-refractivity contribution in [3.05, 3.63) is 30.4 Å². The van der Waals surface area contributed by atoms with Gasteiger partial charge in [0, 0.05) is 19.0 Å². The zero-order chi connectivity index (χ0) is 10.1. The largest absolute Gasteiger partial charge is 0.331 e. The van der Waals surface area contributed by atoms with Crippen LogP contribution in [0.15, 0.2) is 24.7 Å². The second kappa shape index (κ2) is 3.38. The number of nitrogens with zero attached hydrogens (tertiary/aromatic N) is 2. The van der Waals surface area contributed by atoms with Crippen molar-refractivity contribution < 1.29 is 4.79 Å². The highest BCUT2D eigenvalue weighted by molar-refractivity contribution is 5.97. The summed E-state index contributed by atoms with van der Waals surface area (Å²) < 4.78 is 1.74. The molecule has 0 bridgehead atoms. The van der Waals surface area contributed by atoms with Gasteiger partial charge in [0.25, 0.3) is 0 Å². The van der Waals surface area contributed by atoms with E-state index in [0.717, 1.165) is 0 Å². The molecule has 0 radical (unpaired) electrons. The van der Waals surface area contributed by atoms with Crippen LogP contribution in [0.2, 0.25) is 0 Å². The average molecular weight is 191 g/mol. The lowest BCUT2D eigenvalue weighted by Crippen LogP contribution is -2.20. The van der Waals surface area contributed by atoms with Gasteiger partial charge in [-0.1, -0.05) is 12.2 Å². The molecule has 0 amide bonds. The van der Waals surface area contributed by atoms with Crippen molar-refractivity contribution in [2.75, 3.05) is 0 Å². The molecule has 1 aliphatic carbocycles. The highest BCUT2D eigenvalue weighted by Crippen LogP contribution is 2.20. The highest BCUT2D eigenvalue weighted by atomic mass is 16.1. The van der Waals surface area contributed by atoms with Gasteiger partial charge < -0.3 is 10.3 Å². The molecule has 2 atom stereocenters. The van der Waals surface area contributed by atoms with E-state index in [1.807, 2.05) is 19.2 Å². The van der Waals surface area contributed by atoms with Gasteiger partial charge in [-0.25, -0.2) is 4.98 Å². The minimum atomic E-state index is -0.0691. The lowest BCUT2D eigenvalue weighted by Gasteiger charge is -2.07. The van der Waals surface area contributed by atoms with E-state index in [4.69, 9.17) is 5.73 Å². The number of nitrogens with two attached hydrogens (primary N) is 1. The minimum absolute atomic E-state index is 0.0252. The molecule has 1 aliphatic rings. The van der Waals surface area contributed by atoms with Crippen molar-refractivity contribution in [2.24, 2.45) is 18.7 Å². The van der Waals surface area contributed by atoms with Crippen LogP contribution in [-0.4, -0.2) is 21.4 Å². The van der Waals surface area contributed by atoms with E-state index in [1.165, 1.54) is 0 Å². The Morgan fingerprint density at radius 2 is 2.43 bits per heavy atom. The number of aromatic nitrogens is 2. The Morgan fingerprint density at radius 3 is 2.93 bits per heavy atom. The van der Waals surface area contributed by atoms with Gasteiger partial charge in [-0.2, -0.15) is 0 Å². The number of carbonyl (C=O) groups is 1. The lowest BCUT2D eigenvalue weighted by atomic mass is 10.0. The summed E-state index contributed by atoms with van der Waals surface area (Å²) >= 11 is 0. The third-order valence-corrected chi connectivity index (χ3v) is 2.52. The number of aryl methyl sites for hydroxylation is 1. The van der Waals surface area contributed by atoms with Crippen LogP contribution in [0.25, 0.3) is 0 Å². The molecule has 1 aromatic heterocycles. The molecular formula is C10H13N3O. The van der Waals surface area contributed by atoms with Crippen LogP contribution in [0, 0.1) is 5.92 Å². The summed E-state index contributed by atoms with van der Waals surface area (Å²) in [4.78, 5) is 15.8. The van der Waals surface area contributed by atoms with Gasteiger partial charge in [-0.3, -0.25) is 4.79 Å². The molecule has 0 aliphatic heterocycles. The first-order valence-electron chi connectivity index (χ1n) is 4.63. The molecule has 1 heterocycles. The van der Waals surface area contributed by atoms with Crippen molar-refractivity contribution >= 4 is 5.78 Å². The molecule has 4 nitrogen and oxygen atoms in total. The van der Waals surface area contributed by atoms with Crippen LogP contribution in [0.1, 0.15) is 16.9 Å². The van der Waals surface area contributed by atoms with E-state index < -0.39 is 0 Å². The number of imidazole rings is 1. The summed E-state index contributed by atoms with van der Waals surface area (Å²) in [6, 6.07) is 0.0252. The Kier molecular flexibility index (Phi) is 2.21. The average Bonchev–Trinajstić information content (AvgIpc) is 2.73. The molecule has 2 unspecified atom stereocenters. The Hall–Kier alpha value is -1.42. The first kappa shape index (κ1) is 9.15. The first-order chi connectivity index (χ1) is 6.68. The predicted octanol–water partition coefficient (Wildman–Crippen LogP) is 0.506. The van der Waals surface area contributed by atoms with Crippen molar-refractivity contribution in [1.82, 2.24) is 9.55 Å². The predicted molar refractivity (Wildman–Crippen MR) is 52.8 cm³/mol. The molecule has 0 fully saturated rings. The number of Topliss-reactive ketones (excluding diaryl/α,β-unsaturated/α-hetero) is 1. The van der Waals surface area contributed by atoms with E-state index in [9.17, 15) is 4.79 Å². The fourth-order valence-corrected chi connectivity index (χ4v) is 1.71. The van der Waals surface area contributed by atoms with Gasteiger partial charge in [0.2, 0.25) is 0 Å². The molecule has 14 heavy (non-hydrogen) atoms. The molecule has 2 rings (SSSR count). The van der Waals surface area contributed by atoms with E-state index in [-0.39, 0.29) is 17.7 Å². The van der Waals surface area contributed by atoms with Gasteiger partial charge in [0.15, 0.2) is 5.78 Å². The van der Waals surface area contributed by atoms with Crippen molar-refractivity contribution in [1.29, 1.82) is 0 Å². The van der Waals surface area contributed by atoms with Crippen LogP contribution in [0.4, 0.5) is 0 Å². The van der Waals surface area contributed by atoms with E-state index >= 15 is 0 Å². The van der Waals surface area contributed by atoms with Crippen LogP contribution < -0.4 is 5.73 Å². The third kappa shape index (κ3) is 1.48. The topological polar surface area (TPSA) is 60.9 Å². The van der Waals surface area contributed by atoms with Gasteiger partial charge in [0.1, 0.15) is 5.69 Å². The summed E-state index contributed by atoms with van der Waals surface area (Å²) in [5.41, 5.74) is 6.34. The first-order valence-corrected chi connectivity index (χ1v) is 4.63. The molecule has 74 valence electrons. The maximum absolute atomic E-state index is 11.9. The zero-order valence-electron chi connectivity index (χ0n) is 8.05. The van der Waals surface area contributed by atoms with Crippen LogP contribution in [-0.2, 0) is 7.05 Å². The molecule has 0 spiro atoms. The Bertz CT molecular complexity index is 380. The maximum Gasteiger partial charge on any atom is 0.187 e. The molecule has 0 aromatic carbocycles. The standard InChI is InChI=1S/C10H13N3O/c1-13-6-12-5-9(13)10(14)7-2-3-8(11)4-7/h2-3,5-8H,4,11H2,1H3. The molecule has 2 N–H and O–H groups in total. The number of hydrogen-bond acceptors (Lipinski definition) is 3. The molecule has 0 saturated heterocycles. The van der Waals surface area contributed by atoms with E-state index in [1.54, 1.807) is 17.1 Å². The number of rotatable bonds is 2. The number of hydrogen-bond donors (Lipinski definition) is 1. The quantitative estimate of drug-likeness (QED) is 0.547. The summed E-state index contributed by atoms with van der Waals surface area (Å²) in [7, 11) is 1.82. The fraction of sp³-hybridized carbons (Fsp3) is 0.400. The van der Waals surface area contributed by atoms with Gasteiger partial charge in [-0.15, -0.1) is 0 Å². The van der Waals surface area contributed by atoms with Gasteiger partial charge in [-0.05, 0) is 6.42 Å². The highest BCUT2D eigenvalue weighted by Gasteiger charge is 2.25. The van der Waals surface area contributed by atoms with Gasteiger partial charge >= 0.3 is 0 Å². The van der Waals surface area contributed by atoms with Crippen molar-refractivity contribution in [3.63, 3.8) is 0 Å². The Balaban J connectivity index is 2.18. The Labute approximate surface area is 82.4 Å². The monoisotopic (exact) mass is 191 g/mol. The number of ketones is 1. The summed E-state index contributed by atoms with van der Waals surface area (Å²) in [5.74, 6) is 0.0367. The maximum atomic E-state index is 11.9. The molecule has 0 saturated carbocycles. The zero-order valence-corrected chi connectivity index (χ0v) is 8.05. The second-order valence-corrected chi connectivity index (χ2v) is 3.64. The van der Waals surface area contributed by atoms with E-state index in [0.29, 0.717) is 12.1 Å². The summed E-state index contributed by atoms with van der Waals surface area (Å²) in [6.45, 7) is 0. The Morgan fingerprint density at radius 1 is 1.64 bits per heavy atom. The molecular weight excluding hydrogens is 178 g/mol.